The van der Waals surface area contributed by atoms with Crippen LogP contribution in [-0.4, -0.2) is 28.4 Å². The lowest BCUT2D eigenvalue weighted by molar-refractivity contribution is -0.132. The van der Waals surface area contributed by atoms with Gasteiger partial charge in [0.1, 0.15) is 11.5 Å². The Balaban J connectivity index is 1.67. The first-order valence-corrected chi connectivity index (χ1v) is 13.9. The molecule has 39 heavy (non-hydrogen) atoms. The number of aromatic nitrogens is 1. The first-order chi connectivity index (χ1) is 18.6. The molecule has 2 heterocycles. The van der Waals surface area contributed by atoms with Crippen molar-refractivity contribution in [3.8, 4) is 5.75 Å². The molecule has 1 aliphatic heterocycles. The number of benzene rings is 3. The van der Waals surface area contributed by atoms with Crippen molar-refractivity contribution in [2.45, 2.75) is 47.1 Å². The summed E-state index contributed by atoms with van der Waals surface area (Å²) in [6, 6.07) is 17.9. The number of ketones is 1. The maximum atomic E-state index is 13.6. The van der Waals surface area contributed by atoms with Gasteiger partial charge in [0.2, 0.25) is 0 Å². The number of aliphatic hydroxyl groups is 1. The van der Waals surface area contributed by atoms with Crippen LogP contribution in [0, 0.1) is 26.7 Å². The average Bonchev–Trinajstić information content (AvgIpc) is 3.42. The quantitative estimate of drug-likeness (QED) is 0.151. The number of hydrogen-bond acceptors (Lipinski definition) is 6. The molecule has 1 unspecified atom stereocenters. The van der Waals surface area contributed by atoms with Crippen molar-refractivity contribution in [2.75, 3.05) is 11.5 Å². The first-order valence-electron chi connectivity index (χ1n) is 13.1. The van der Waals surface area contributed by atoms with E-state index in [-0.39, 0.29) is 11.3 Å². The molecule has 0 spiro atoms. The summed E-state index contributed by atoms with van der Waals surface area (Å²) in [5, 5.41) is 11.8. The molecule has 1 aliphatic rings. The maximum absolute atomic E-state index is 13.6. The summed E-state index contributed by atoms with van der Waals surface area (Å²) in [5.41, 5.74) is 5.09. The number of carbonyl (C=O) groups excluding carboxylic acids is 2. The number of ether oxygens (including phenoxy) is 1. The van der Waals surface area contributed by atoms with Gasteiger partial charge in [-0.15, -0.1) is 0 Å². The van der Waals surface area contributed by atoms with Gasteiger partial charge in [0.15, 0.2) is 5.13 Å². The van der Waals surface area contributed by atoms with E-state index in [0.717, 1.165) is 33.3 Å². The van der Waals surface area contributed by atoms with Gasteiger partial charge in [0, 0.05) is 5.56 Å². The van der Waals surface area contributed by atoms with Gasteiger partial charge in [-0.3, -0.25) is 14.5 Å². The summed E-state index contributed by atoms with van der Waals surface area (Å²) < 4.78 is 6.94. The van der Waals surface area contributed by atoms with Crippen LogP contribution in [0.15, 0.2) is 66.2 Å². The van der Waals surface area contributed by atoms with Crippen molar-refractivity contribution in [2.24, 2.45) is 5.92 Å². The van der Waals surface area contributed by atoms with E-state index in [9.17, 15) is 14.7 Å². The number of carbonyl (C=O) groups is 2. The fraction of sp³-hybridized carbons (Fsp3) is 0.281. The van der Waals surface area contributed by atoms with Gasteiger partial charge in [0.25, 0.3) is 5.78 Å². The highest BCUT2D eigenvalue weighted by Crippen LogP contribution is 2.45. The Morgan fingerprint density at radius 3 is 2.49 bits per heavy atom. The number of amides is 1. The van der Waals surface area contributed by atoms with Crippen LogP contribution in [0.25, 0.3) is 16.0 Å². The number of aryl methyl sites for hydroxylation is 3. The highest BCUT2D eigenvalue weighted by atomic mass is 32.1. The predicted octanol–water partition coefficient (Wildman–Crippen LogP) is 7.27. The second kappa shape index (κ2) is 10.7. The number of Topliss-reactive ketones (excluding diaryl/α,β-unsaturated/α-hetero) is 1. The third-order valence-corrected chi connectivity index (χ3v) is 7.93. The van der Waals surface area contributed by atoms with Gasteiger partial charge in [-0.1, -0.05) is 73.2 Å². The molecule has 0 bridgehead atoms. The number of anilines is 1. The monoisotopic (exact) mass is 540 g/mol. The van der Waals surface area contributed by atoms with Crippen molar-refractivity contribution in [1.82, 2.24) is 4.98 Å². The average molecular weight is 541 g/mol. The summed E-state index contributed by atoms with van der Waals surface area (Å²) in [6.45, 7) is 10.8. The lowest BCUT2D eigenvalue weighted by Gasteiger charge is -2.23. The van der Waals surface area contributed by atoms with E-state index in [1.165, 1.54) is 16.2 Å². The Kier molecular flexibility index (Phi) is 7.28. The van der Waals surface area contributed by atoms with E-state index < -0.39 is 17.7 Å². The Bertz CT molecular complexity index is 1600. The predicted molar refractivity (Wildman–Crippen MR) is 156 cm³/mol. The SMILES string of the molecule is Cc1ccc(/C(O)=C2\C(=O)C(=O)N(c3nc4c(C)cc(C)cc4s3)C2c2cccc(OCCC(C)C)c2)cc1. The first kappa shape index (κ1) is 26.6. The number of nitrogens with zero attached hydrogens (tertiary/aromatic N) is 2. The Hall–Kier alpha value is -3.97. The minimum absolute atomic E-state index is 0.0374. The Morgan fingerprint density at radius 1 is 1.03 bits per heavy atom. The van der Waals surface area contributed by atoms with E-state index in [1.54, 1.807) is 12.1 Å². The maximum Gasteiger partial charge on any atom is 0.301 e. The summed E-state index contributed by atoms with van der Waals surface area (Å²) in [5.74, 6) is -0.518. The molecular weight excluding hydrogens is 508 g/mol. The fourth-order valence-corrected chi connectivity index (χ4v) is 6.03. The van der Waals surface area contributed by atoms with Crippen LogP contribution < -0.4 is 9.64 Å². The molecule has 1 atom stereocenters. The largest absolute Gasteiger partial charge is 0.507 e. The van der Waals surface area contributed by atoms with Crippen LogP contribution in [0.2, 0.25) is 0 Å². The number of fused-ring (bicyclic) bond motifs is 1. The molecular formula is C32H32N2O4S. The van der Waals surface area contributed by atoms with Gasteiger partial charge >= 0.3 is 5.91 Å². The van der Waals surface area contributed by atoms with Crippen molar-refractivity contribution < 1.29 is 19.4 Å². The third kappa shape index (κ3) is 5.19. The molecule has 5 rings (SSSR count). The van der Waals surface area contributed by atoms with E-state index in [1.807, 2.05) is 69.3 Å². The van der Waals surface area contributed by atoms with Gasteiger partial charge in [-0.2, -0.15) is 0 Å². The lowest BCUT2D eigenvalue weighted by Crippen LogP contribution is -2.29. The van der Waals surface area contributed by atoms with Gasteiger partial charge in [-0.05, 0) is 68.0 Å². The van der Waals surface area contributed by atoms with Crippen LogP contribution in [-0.2, 0) is 9.59 Å². The van der Waals surface area contributed by atoms with Crippen LogP contribution in [0.1, 0.15) is 54.1 Å². The summed E-state index contributed by atoms with van der Waals surface area (Å²) in [4.78, 5) is 33.4. The normalized spacial score (nSPS) is 17.0. The molecule has 0 radical (unpaired) electrons. The zero-order valence-corrected chi connectivity index (χ0v) is 23.6. The summed E-state index contributed by atoms with van der Waals surface area (Å²) >= 11 is 1.37. The van der Waals surface area contributed by atoms with Gasteiger partial charge < -0.3 is 9.84 Å². The molecule has 0 saturated carbocycles. The van der Waals surface area contributed by atoms with E-state index in [2.05, 4.69) is 13.8 Å². The lowest BCUT2D eigenvalue weighted by atomic mass is 9.95. The van der Waals surface area contributed by atoms with Gasteiger partial charge in [0.05, 0.1) is 28.4 Å². The number of thiazole rings is 1. The fourth-order valence-electron chi connectivity index (χ4n) is 4.86. The molecule has 0 aliphatic carbocycles. The van der Waals surface area contributed by atoms with Crippen molar-refractivity contribution in [1.29, 1.82) is 0 Å². The molecule has 6 nitrogen and oxygen atoms in total. The van der Waals surface area contributed by atoms with Crippen LogP contribution in [0.5, 0.6) is 5.75 Å². The van der Waals surface area contributed by atoms with E-state index in [0.29, 0.717) is 34.5 Å². The molecule has 1 aromatic heterocycles. The molecule has 1 amide bonds. The third-order valence-electron chi connectivity index (χ3n) is 6.93. The molecule has 1 fully saturated rings. The summed E-state index contributed by atoms with van der Waals surface area (Å²) in [6.07, 6.45) is 0.903. The van der Waals surface area contributed by atoms with Crippen molar-refractivity contribution in [3.63, 3.8) is 0 Å². The molecule has 4 aromatic rings. The van der Waals surface area contributed by atoms with Crippen LogP contribution in [0.3, 0.4) is 0 Å². The standard InChI is InChI=1S/C32H32N2O4S/c1-18(2)13-14-38-24-8-6-7-23(17-24)28-26(29(35)22-11-9-19(3)10-12-22)30(36)31(37)34(28)32-33-27-21(5)15-20(4)16-25(27)39-32/h6-12,15-18,28,35H,13-14H2,1-5H3/b29-26+. The Morgan fingerprint density at radius 2 is 1.77 bits per heavy atom. The smallest absolute Gasteiger partial charge is 0.301 e. The second-order valence-corrected chi connectivity index (χ2v) is 11.6. The van der Waals surface area contributed by atoms with Crippen molar-refractivity contribution in [3.05, 3.63) is 94.1 Å². The van der Waals surface area contributed by atoms with Crippen LogP contribution >= 0.6 is 11.3 Å². The summed E-state index contributed by atoms with van der Waals surface area (Å²) in [7, 11) is 0. The molecule has 7 heteroatoms. The molecule has 3 aromatic carbocycles. The minimum Gasteiger partial charge on any atom is -0.507 e. The number of aliphatic hydroxyl groups excluding tert-OH is 1. The molecule has 1 saturated heterocycles. The van der Waals surface area contributed by atoms with E-state index >= 15 is 0 Å². The highest BCUT2D eigenvalue weighted by molar-refractivity contribution is 7.22. The van der Waals surface area contributed by atoms with Gasteiger partial charge in [-0.25, -0.2) is 4.98 Å². The van der Waals surface area contributed by atoms with Crippen LogP contribution in [0.4, 0.5) is 5.13 Å². The topological polar surface area (TPSA) is 79.7 Å². The Labute approximate surface area is 232 Å². The number of hydrogen-bond donors (Lipinski definition) is 1. The van der Waals surface area contributed by atoms with E-state index in [4.69, 9.17) is 9.72 Å². The highest BCUT2D eigenvalue weighted by Gasteiger charge is 2.48. The molecule has 200 valence electrons. The minimum atomic E-state index is -0.859. The zero-order chi connectivity index (χ0) is 27.8. The second-order valence-electron chi connectivity index (χ2n) is 10.6. The zero-order valence-electron chi connectivity index (χ0n) is 22.8. The number of rotatable bonds is 7. The van der Waals surface area contributed by atoms with Crippen molar-refractivity contribution >= 4 is 44.1 Å². The molecule has 1 N–H and O–H groups in total.